The highest BCUT2D eigenvalue weighted by atomic mass is 36.0. The topological polar surface area (TPSA) is 101 Å². The molecule has 0 heterocycles. The van der Waals surface area contributed by atoms with Crippen LogP contribution in [0.5, 0.6) is 0 Å². The van der Waals surface area contributed by atoms with Crippen LogP contribution >= 0.6 is 21.4 Å². The van der Waals surface area contributed by atoms with Gasteiger partial charge >= 0.3 is 11.9 Å². The standard InChI is InChI=1S/C19H34O2.C17H30O2.C2H6O.2CH4.Cl2OS/c1-3-5-15-6-10-17(11-7-15)18-12-8-16(9-13-18)14-19(20)21-4-2;1-2-3-13-4-8-15(9-5-13)16-10-6-14(7-11-16)12-17(18)19;1-2-3;;;1-4(2)3/h15-18H,3-14H2,1-2H3;13-16H,2-12H2,1H3,(H,18,19);3H,2H2,1H3;2*1H4;. The van der Waals surface area contributed by atoms with E-state index in [0.29, 0.717) is 31.3 Å². The van der Waals surface area contributed by atoms with Crippen LogP contribution < -0.4 is 0 Å². The molecule has 0 aromatic carbocycles. The molecular formula is C40H78Cl2O6S. The Labute approximate surface area is 314 Å². The molecule has 0 atom stereocenters. The van der Waals surface area contributed by atoms with Crippen molar-refractivity contribution >= 4 is 42.5 Å². The smallest absolute Gasteiger partial charge is 0.306 e. The van der Waals surface area contributed by atoms with Crippen LogP contribution in [0, 0.1) is 47.3 Å². The normalized spacial score (nSPS) is 29.5. The first-order chi connectivity index (χ1) is 22.6. The minimum Gasteiger partial charge on any atom is -0.481 e. The Hall–Kier alpha value is -0.370. The molecular weight excluding hydrogens is 679 g/mol. The molecule has 4 saturated carbocycles. The van der Waals surface area contributed by atoms with Crippen LogP contribution in [0.2, 0.25) is 0 Å². The summed E-state index contributed by atoms with van der Waals surface area (Å²) in [6.45, 7) is 8.96. The molecule has 0 radical (unpaired) electrons. The molecule has 2 N–H and O–H groups in total. The van der Waals surface area contributed by atoms with Gasteiger partial charge in [0.2, 0.25) is 9.23 Å². The Bertz CT molecular complexity index is 810. The number of carboxylic acids is 1. The zero-order valence-corrected chi connectivity index (χ0v) is 32.6. The molecule has 9 heteroatoms. The average Bonchev–Trinajstić information content (AvgIpc) is 3.03. The fraction of sp³-hybridized carbons (Fsp3) is 0.950. The number of aliphatic hydroxyl groups excluding tert-OH is 1. The molecule has 0 spiro atoms. The van der Waals surface area contributed by atoms with E-state index in [1.165, 1.54) is 116 Å². The number of carboxylic acid groups (broad SMARTS) is 1. The van der Waals surface area contributed by atoms with Crippen molar-refractivity contribution in [2.45, 2.75) is 184 Å². The van der Waals surface area contributed by atoms with Crippen molar-refractivity contribution in [2.24, 2.45) is 47.3 Å². The zero-order valence-electron chi connectivity index (χ0n) is 30.3. The number of aliphatic hydroxyl groups is 1. The summed E-state index contributed by atoms with van der Waals surface area (Å²) in [6, 6.07) is 0. The van der Waals surface area contributed by atoms with Crippen LogP contribution in [0.4, 0.5) is 0 Å². The van der Waals surface area contributed by atoms with Gasteiger partial charge in [-0.2, -0.15) is 0 Å². The minimum absolute atomic E-state index is 0. The largest absolute Gasteiger partial charge is 0.481 e. The predicted octanol–water partition coefficient (Wildman–Crippen LogP) is 12.5. The Morgan fingerprint density at radius 3 is 1.10 bits per heavy atom. The van der Waals surface area contributed by atoms with Crippen LogP contribution in [-0.2, 0) is 23.6 Å². The van der Waals surface area contributed by atoms with Gasteiger partial charge in [0.05, 0.1) is 6.61 Å². The average molecular weight is 758 g/mol. The van der Waals surface area contributed by atoms with E-state index in [9.17, 15) is 9.59 Å². The number of hydrogen-bond acceptors (Lipinski definition) is 5. The van der Waals surface area contributed by atoms with E-state index in [1.54, 1.807) is 6.92 Å². The number of halogens is 2. The molecule has 4 aliphatic rings. The van der Waals surface area contributed by atoms with Crippen LogP contribution in [0.3, 0.4) is 0 Å². The second-order valence-corrected chi connectivity index (χ2v) is 17.3. The van der Waals surface area contributed by atoms with E-state index >= 15 is 0 Å². The number of carbonyl (C=O) groups is 2. The first kappa shape index (κ1) is 50.7. The molecule has 49 heavy (non-hydrogen) atoms. The van der Waals surface area contributed by atoms with Crippen molar-refractivity contribution in [1.29, 1.82) is 0 Å². The summed E-state index contributed by atoms with van der Waals surface area (Å²) >= 11 is 0. The molecule has 4 fully saturated rings. The summed E-state index contributed by atoms with van der Waals surface area (Å²) in [5, 5.41) is 16.4. The van der Waals surface area contributed by atoms with Crippen LogP contribution in [0.1, 0.15) is 184 Å². The highest BCUT2D eigenvalue weighted by Gasteiger charge is 2.32. The van der Waals surface area contributed by atoms with Gasteiger partial charge in [-0.1, -0.05) is 80.1 Å². The summed E-state index contributed by atoms with van der Waals surface area (Å²) in [4.78, 5) is 22.3. The van der Waals surface area contributed by atoms with Crippen LogP contribution in [0.15, 0.2) is 0 Å². The summed E-state index contributed by atoms with van der Waals surface area (Å²) in [7, 11) is 7.36. The van der Waals surface area contributed by atoms with E-state index in [2.05, 4.69) is 35.2 Å². The molecule has 0 bridgehead atoms. The van der Waals surface area contributed by atoms with E-state index in [-0.39, 0.29) is 27.4 Å². The molecule has 0 unspecified atom stereocenters. The summed E-state index contributed by atoms with van der Waals surface area (Å²) in [5.74, 6) is 6.29. The molecule has 6 nitrogen and oxygen atoms in total. The van der Waals surface area contributed by atoms with Crippen molar-refractivity contribution in [3.63, 3.8) is 0 Å². The van der Waals surface area contributed by atoms with E-state index in [4.69, 9.17) is 19.2 Å². The number of aliphatic carboxylic acids is 1. The first-order valence-corrected chi connectivity index (χ1v) is 22.1. The van der Waals surface area contributed by atoms with Gasteiger partial charge in [-0.05, 0) is 138 Å². The maximum atomic E-state index is 11.6. The fourth-order valence-corrected chi connectivity index (χ4v) is 9.14. The van der Waals surface area contributed by atoms with Gasteiger partial charge in [0.25, 0.3) is 0 Å². The maximum absolute atomic E-state index is 11.6. The lowest BCUT2D eigenvalue weighted by atomic mass is 9.68. The predicted molar refractivity (Wildman–Crippen MR) is 211 cm³/mol. The lowest BCUT2D eigenvalue weighted by Crippen LogP contribution is -2.26. The summed E-state index contributed by atoms with van der Waals surface area (Å²) < 4.78 is 14.2. The third-order valence-electron chi connectivity index (χ3n) is 11.5. The fourth-order valence-electron chi connectivity index (χ4n) is 9.14. The minimum atomic E-state index is -1.67. The lowest BCUT2D eigenvalue weighted by molar-refractivity contribution is -0.144. The number of ether oxygens (including phenoxy) is 1. The number of rotatable bonds is 11. The molecule has 0 aromatic rings. The number of esters is 1. The quantitative estimate of drug-likeness (QED) is 0.161. The SMILES string of the molecule is C.C.CCCC1CCC(C2CCC(CC(=O)O)CC2)CC1.CCCC1CCC(C2CCC(CC(=O)OCC)CC2)CC1.CCO.O=S(Cl)Cl. The Morgan fingerprint density at radius 1 is 0.592 bits per heavy atom. The van der Waals surface area contributed by atoms with E-state index in [0.717, 1.165) is 48.3 Å². The Kier molecular flexibility index (Phi) is 32.3. The van der Waals surface area contributed by atoms with Gasteiger partial charge in [-0.15, -0.1) is 0 Å². The Morgan fingerprint density at radius 2 is 0.857 bits per heavy atom. The lowest BCUT2D eigenvalue weighted by Gasteiger charge is -2.37. The second kappa shape index (κ2) is 31.2. The molecule has 0 aliphatic heterocycles. The van der Waals surface area contributed by atoms with Crippen LogP contribution in [0.25, 0.3) is 0 Å². The molecule has 0 amide bonds. The molecule has 4 aliphatic carbocycles. The van der Waals surface area contributed by atoms with Gasteiger partial charge in [0.1, 0.15) is 0 Å². The highest BCUT2D eigenvalue weighted by molar-refractivity contribution is 8.26. The van der Waals surface area contributed by atoms with E-state index < -0.39 is 15.2 Å². The Balaban J connectivity index is 0. The first-order valence-electron chi connectivity index (χ1n) is 19.3. The number of hydrogen-bond donors (Lipinski definition) is 2. The third-order valence-corrected chi connectivity index (χ3v) is 11.5. The molecule has 294 valence electrons. The van der Waals surface area contributed by atoms with Crippen molar-refractivity contribution in [1.82, 2.24) is 0 Å². The maximum Gasteiger partial charge on any atom is 0.306 e. The summed E-state index contributed by atoms with van der Waals surface area (Å²) in [5.41, 5.74) is 0. The monoisotopic (exact) mass is 756 g/mol. The highest BCUT2D eigenvalue weighted by Crippen LogP contribution is 2.44. The van der Waals surface area contributed by atoms with Crippen molar-refractivity contribution in [3.05, 3.63) is 0 Å². The van der Waals surface area contributed by atoms with Crippen molar-refractivity contribution < 1.29 is 28.7 Å². The van der Waals surface area contributed by atoms with Crippen molar-refractivity contribution in [3.8, 4) is 0 Å². The second-order valence-electron chi connectivity index (χ2n) is 14.8. The van der Waals surface area contributed by atoms with Gasteiger partial charge in [0.15, 0.2) is 0 Å². The van der Waals surface area contributed by atoms with Crippen LogP contribution in [-0.4, -0.2) is 39.6 Å². The zero-order chi connectivity index (χ0) is 35.0. The van der Waals surface area contributed by atoms with Gasteiger partial charge in [-0.25, -0.2) is 4.21 Å². The molecule has 0 aromatic heterocycles. The third kappa shape index (κ3) is 23.7. The van der Waals surface area contributed by atoms with Gasteiger partial charge in [-0.3, -0.25) is 9.59 Å². The van der Waals surface area contributed by atoms with E-state index in [1.807, 2.05) is 6.92 Å². The summed E-state index contributed by atoms with van der Waals surface area (Å²) in [6.07, 6.45) is 28.4. The van der Waals surface area contributed by atoms with Gasteiger partial charge in [0, 0.05) is 40.8 Å². The molecule has 0 saturated heterocycles. The van der Waals surface area contributed by atoms with Crippen molar-refractivity contribution in [2.75, 3.05) is 13.2 Å². The molecule has 4 rings (SSSR count). The number of carbonyl (C=O) groups excluding carboxylic acids is 1. The van der Waals surface area contributed by atoms with Gasteiger partial charge < -0.3 is 14.9 Å².